The lowest BCUT2D eigenvalue weighted by atomic mass is 9.97. The van der Waals surface area contributed by atoms with E-state index >= 15 is 0 Å². The number of hydrogen-bond acceptors (Lipinski definition) is 3. The highest BCUT2D eigenvalue weighted by atomic mass is 16.3. The summed E-state index contributed by atoms with van der Waals surface area (Å²) in [5.74, 6) is 0. The molecule has 2 aliphatic rings. The maximum absolute atomic E-state index is 10.8. The van der Waals surface area contributed by atoms with Crippen molar-refractivity contribution in [1.29, 1.82) is 0 Å². The van der Waals surface area contributed by atoms with Crippen LogP contribution >= 0.6 is 0 Å². The summed E-state index contributed by atoms with van der Waals surface area (Å²) in [4.78, 5) is 4.86. The van der Waals surface area contributed by atoms with Crippen molar-refractivity contribution >= 4 is 0 Å². The van der Waals surface area contributed by atoms with Gasteiger partial charge < -0.3 is 10.0 Å². The molecule has 0 spiro atoms. The van der Waals surface area contributed by atoms with E-state index in [1.54, 1.807) is 0 Å². The number of aliphatic hydroxyl groups is 1. The van der Waals surface area contributed by atoms with Crippen molar-refractivity contribution in [3.05, 3.63) is 35.4 Å². The summed E-state index contributed by atoms with van der Waals surface area (Å²) in [5, 5.41) is 10.8. The van der Waals surface area contributed by atoms with Crippen LogP contribution in [0.2, 0.25) is 0 Å². The van der Waals surface area contributed by atoms with Crippen molar-refractivity contribution in [2.24, 2.45) is 0 Å². The summed E-state index contributed by atoms with van der Waals surface area (Å²) < 4.78 is 0. The average Bonchev–Trinajstić information content (AvgIpc) is 2.60. The molecule has 0 radical (unpaired) electrons. The van der Waals surface area contributed by atoms with Gasteiger partial charge in [-0.25, -0.2) is 0 Å². The summed E-state index contributed by atoms with van der Waals surface area (Å²) in [6.45, 7) is 4.40. The molecule has 19 heavy (non-hydrogen) atoms. The van der Waals surface area contributed by atoms with Crippen molar-refractivity contribution in [3.63, 3.8) is 0 Å². The predicted molar refractivity (Wildman–Crippen MR) is 77.2 cm³/mol. The highest BCUT2D eigenvalue weighted by molar-refractivity contribution is 5.31. The fourth-order valence-electron chi connectivity index (χ4n) is 3.45. The average molecular weight is 260 g/mol. The first-order valence-corrected chi connectivity index (χ1v) is 7.44. The van der Waals surface area contributed by atoms with Crippen LogP contribution in [0.1, 0.15) is 30.1 Å². The third-order valence-electron chi connectivity index (χ3n) is 4.69. The number of aliphatic hydroxyl groups excluding tert-OH is 1. The summed E-state index contributed by atoms with van der Waals surface area (Å²) in [5.41, 5.74) is 2.50. The van der Waals surface area contributed by atoms with E-state index in [0.29, 0.717) is 6.04 Å². The van der Waals surface area contributed by atoms with Crippen molar-refractivity contribution in [1.82, 2.24) is 9.80 Å². The number of hydrogen-bond donors (Lipinski definition) is 1. The second-order valence-corrected chi connectivity index (χ2v) is 5.94. The van der Waals surface area contributed by atoms with Crippen LogP contribution in [-0.2, 0) is 6.42 Å². The molecular formula is C16H24N2O. The quantitative estimate of drug-likeness (QED) is 0.778. The van der Waals surface area contributed by atoms with Gasteiger partial charge in [-0.2, -0.15) is 0 Å². The minimum atomic E-state index is -0.317. The number of aryl methyl sites for hydroxylation is 1. The highest BCUT2D eigenvalue weighted by Gasteiger charge is 2.31. The summed E-state index contributed by atoms with van der Waals surface area (Å²) in [6, 6.07) is 8.72. The molecule has 1 aromatic carbocycles. The van der Waals surface area contributed by atoms with Crippen LogP contribution in [0, 0.1) is 0 Å². The molecule has 0 saturated carbocycles. The Balaban J connectivity index is 1.79. The van der Waals surface area contributed by atoms with E-state index in [0.717, 1.165) is 44.6 Å². The molecule has 1 saturated heterocycles. The summed E-state index contributed by atoms with van der Waals surface area (Å²) in [7, 11) is 2.18. The highest BCUT2D eigenvalue weighted by Crippen LogP contribution is 2.32. The number of rotatable bonds is 1. The smallest absolute Gasteiger partial charge is 0.0947 e. The second-order valence-electron chi connectivity index (χ2n) is 5.94. The van der Waals surface area contributed by atoms with Crippen LogP contribution < -0.4 is 0 Å². The molecule has 1 N–H and O–H groups in total. The van der Waals surface area contributed by atoms with Crippen LogP contribution in [0.25, 0.3) is 0 Å². The fraction of sp³-hybridized carbons (Fsp3) is 0.625. The maximum Gasteiger partial charge on any atom is 0.0947 e. The lowest BCUT2D eigenvalue weighted by molar-refractivity contribution is 0.0198. The molecule has 0 bridgehead atoms. The Morgan fingerprint density at radius 2 is 1.84 bits per heavy atom. The van der Waals surface area contributed by atoms with E-state index < -0.39 is 0 Å². The maximum atomic E-state index is 10.8. The van der Waals surface area contributed by atoms with Crippen molar-refractivity contribution in [3.8, 4) is 0 Å². The molecule has 2 unspecified atom stereocenters. The Labute approximate surface area is 115 Å². The second kappa shape index (κ2) is 5.61. The van der Waals surface area contributed by atoms with Crippen molar-refractivity contribution in [2.45, 2.75) is 31.4 Å². The molecular weight excluding hydrogens is 236 g/mol. The van der Waals surface area contributed by atoms with Crippen LogP contribution in [0.5, 0.6) is 0 Å². The number of benzene rings is 1. The normalized spacial score (nSPS) is 29.8. The number of nitrogens with zero attached hydrogens (tertiary/aromatic N) is 2. The predicted octanol–water partition coefficient (Wildman–Crippen LogP) is 1.67. The molecule has 2 atom stereocenters. The van der Waals surface area contributed by atoms with Gasteiger partial charge in [-0.15, -0.1) is 0 Å². The molecule has 0 amide bonds. The topological polar surface area (TPSA) is 26.7 Å². The summed E-state index contributed by atoms with van der Waals surface area (Å²) >= 11 is 0. The standard InChI is InChI=1S/C16H24N2O/c1-17-9-11-18(12-10-17)15-8-4-6-13-5-2-3-7-14(13)16(15)19/h2-3,5,7,15-16,19H,4,6,8-12H2,1H3. The Morgan fingerprint density at radius 1 is 1.11 bits per heavy atom. The monoisotopic (exact) mass is 260 g/mol. The molecule has 3 heteroatoms. The first-order valence-electron chi connectivity index (χ1n) is 7.44. The Hall–Kier alpha value is -0.900. The van der Waals surface area contributed by atoms with E-state index in [1.165, 1.54) is 12.0 Å². The SMILES string of the molecule is CN1CCN(C2CCCc3ccccc3C2O)CC1. The Kier molecular flexibility index (Phi) is 3.87. The largest absolute Gasteiger partial charge is 0.387 e. The Bertz CT molecular complexity index is 427. The van der Waals surface area contributed by atoms with Gasteiger partial charge in [0.2, 0.25) is 0 Å². The lowest BCUT2D eigenvalue weighted by Gasteiger charge is -2.39. The zero-order valence-electron chi connectivity index (χ0n) is 11.8. The third-order valence-corrected chi connectivity index (χ3v) is 4.69. The van der Waals surface area contributed by atoms with Gasteiger partial charge in [0.1, 0.15) is 0 Å². The minimum absolute atomic E-state index is 0.303. The number of piperazine rings is 1. The zero-order valence-corrected chi connectivity index (χ0v) is 11.8. The molecule has 0 aromatic heterocycles. The van der Waals surface area contributed by atoms with E-state index in [2.05, 4.69) is 41.1 Å². The zero-order chi connectivity index (χ0) is 13.2. The molecule has 1 aliphatic heterocycles. The lowest BCUT2D eigenvalue weighted by Crippen LogP contribution is -2.50. The van der Waals surface area contributed by atoms with Crippen LogP contribution in [0.3, 0.4) is 0 Å². The minimum Gasteiger partial charge on any atom is -0.387 e. The van der Waals surface area contributed by atoms with Gasteiger partial charge >= 0.3 is 0 Å². The van der Waals surface area contributed by atoms with Gasteiger partial charge in [0.15, 0.2) is 0 Å². The van der Waals surface area contributed by atoms with Gasteiger partial charge in [0.05, 0.1) is 6.10 Å². The van der Waals surface area contributed by atoms with Gasteiger partial charge in [0, 0.05) is 32.2 Å². The molecule has 3 rings (SSSR count). The van der Waals surface area contributed by atoms with Crippen LogP contribution in [0.4, 0.5) is 0 Å². The van der Waals surface area contributed by atoms with E-state index in [9.17, 15) is 5.11 Å². The first-order chi connectivity index (χ1) is 9.25. The molecule has 1 aliphatic carbocycles. The number of likely N-dealkylation sites (N-methyl/N-ethyl adjacent to an activating group) is 1. The molecule has 1 heterocycles. The van der Waals surface area contributed by atoms with Gasteiger partial charge in [-0.05, 0) is 37.4 Å². The third kappa shape index (κ3) is 2.69. The molecule has 104 valence electrons. The molecule has 3 nitrogen and oxygen atoms in total. The van der Waals surface area contributed by atoms with Crippen molar-refractivity contribution in [2.75, 3.05) is 33.2 Å². The first kappa shape index (κ1) is 13.1. The molecule has 1 fully saturated rings. The van der Waals surface area contributed by atoms with Gasteiger partial charge in [0.25, 0.3) is 0 Å². The summed E-state index contributed by atoms with van der Waals surface area (Å²) in [6.07, 6.45) is 3.09. The van der Waals surface area contributed by atoms with Crippen LogP contribution in [0.15, 0.2) is 24.3 Å². The number of fused-ring (bicyclic) bond motifs is 1. The van der Waals surface area contributed by atoms with Crippen LogP contribution in [-0.4, -0.2) is 54.2 Å². The van der Waals surface area contributed by atoms with Crippen molar-refractivity contribution < 1.29 is 5.11 Å². The molecule has 1 aromatic rings. The fourth-order valence-corrected chi connectivity index (χ4v) is 3.45. The Morgan fingerprint density at radius 3 is 2.63 bits per heavy atom. The van der Waals surface area contributed by atoms with E-state index in [1.807, 2.05) is 0 Å². The van der Waals surface area contributed by atoms with E-state index in [-0.39, 0.29) is 6.10 Å². The van der Waals surface area contributed by atoms with E-state index in [4.69, 9.17) is 0 Å². The van der Waals surface area contributed by atoms with Gasteiger partial charge in [-0.3, -0.25) is 4.90 Å². The van der Waals surface area contributed by atoms with Gasteiger partial charge in [-0.1, -0.05) is 24.3 Å².